The molecule has 3 N–H and O–H groups in total. The second-order valence-electron chi connectivity index (χ2n) is 7.17. The fourth-order valence-electron chi connectivity index (χ4n) is 3.01. The molecule has 34 heavy (non-hydrogen) atoms. The summed E-state index contributed by atoms with van der Waals surface area (Å²) in [4.78, 5) is 34.6. The van der Waals surface area contributed by atoms with Gasteiger partial charge < -0.3 is 19.9 Å². The minimum Gasteiger partial charge on any atom is -0.493 e. The molecule has 0 aliphatic heterocycles. The molecule has 3 aromatic rings. The van der Waals surface area contributed by atoms with Crippen molar-refractivity contribution in [2.45, 2.75) is 13.5 Å². The first-order valence-electron chi connectivity index (χ1n) is 10.2. The molecule has 0 bridgehead atoms. The SMILES string of the molecule is COc1cc(/C=N\NC(=O)c2cccc(NC(C)=O)c2)ccc1OCc1cccc(C(=O)O)c1. The molecule has 0 atom stereocenters. The minimum atomic E-state index is -1.00. The van der Waals surface area contributed by atoms with Crippen LogP contribution in [0.5, 0.6) is 11.5 Å². The maximum absolute atomic E-state index is 12.3. The third-order valence-corrected chi connectivity index (χ3v) is 4.58. The average molecular weight is 461 g/mol. The van der Waals surface area contributed by atoms with Crippen molar-refractivity contribution in [3.05, 3.63) is 89.0 Å². The normalized spacial score (nSPS) is 10.5. The van der Waals surface area contributed by atoms with Gasteiger partial charge in [0, 0.05) is 18.2 Å². The lowest BCUT2D eigenvalue weighted by Gasteiger charge is -2.11. The lowest BCUT2D eigenvalue weighted by Crippen LogP contribution is -2.18. The number of rotatable bonds is 9. The summed E-state index contributed by atoms with van der Waals surface area (Å²) >= 11 is 0. The molecular formula is C25H23N3O6. The number of nitrogens with one attached hydrogen (secondary N) is 2. The van der Waals surface area contributed by atoms with Crippen LogP contribution in [0.2, 0.25) is 0 Å². The Hall–Kier alpha value is -4.66. The van der Waals surface area contributed by atoms with Crippen LogP contribution in [0.4, 0.5) is 5.69 Å². The smallest absolute Gasteiger partial charge is 0.335 e. The van der Waals surface area contributed by atoms with Gasteiger partial charge >= 0.3 is 5.97 Å². The number of carbonyl (C=O) groups excluding carboxylic acids is 2. The van der Waals surface area contributed by atoms with E-state index in [0.29, 0.717) is 33.9 Å². The highest BCUT2D eigenvalue weighted by molar-refractivity contribution is 5.97. The van der Waals surface area contributed by atoms with Gasteiger partial charge in [0.1, 0.15) is 6.61 Å². The monoisotopic (exact) mass is 461 g/mol. The van der Waals surface area contributed by atoms with Crippen molar-refractivity contribution in [1.82, 2.24) is 5.43 Å². The molecule has 0 saturated heterocycles. The Labute approximate surface area is 196 Å². The van der Waals surface area contributed by atoms with Crippen LogP contribution in [-0.4, -0.2) is 36.2 Å². The second-order valence-corrected chi connectivity index (χ2v) is 7.17. The van der Waals surface area contributed by atoms with Gasteiger partial charge in [0.25, 0.3) is 5.91 Å². The number of hydrogen-bond donors (Lipinski definition) is 3. The molecule has 3 aromatic carbocycles. The van der Waals surface area contributed by atoms with Gasteiger partial charge in [-0.15, -0.1) is 0 Å². The van der Waals surface area contributed by atoms with Gasteiger partial charge in [-0.2, -0.15) is 5.10 Å². The Morgan fingerprint density at radius 3 is 2.47 bits per heavy atom. The number of anilines is 1. The van der Waals surface area contributed by atoms with E-state index < -0.39 is 11.9 Å². The van der Waals surface area contributed by atoms with Crippen molar-refractivity contribution in [2.24, 2.45) is 5.10 Å². The fourth-order valence-corrected chi connectivity index (χ4v) is 3.01. The van der Waals surface area contributed by atoms with Crippen LogP contribution < -0.4 is 20.2 Å². The lowest BCUT2D eigenvalue weighted by molar-refractivity contribution is -0.114. The van der Waals surface area contributed by atoms with Crippen LogP contribution >= 0.6 is 0 Å². The number of methoxy groups -OCH3 is 1. The van der Waals surface area contributed by atoms with Gasteiger partial charge in [-0.3, -0.25) is 9.59 Å². The average Bonchev–Trinajstić information content (AvgIpc) is 2.83. The Kier molecular flexibility index (Phi) is 7.96. The third kappa shape index (κ3) is 6.67. The van der Waals surface area contributed by atoms with Crippen molar-refractivity contribution in [1.29, 1.82) is 0 Å². The van der Waals surface area contributed by atoms with Crippen LogP contribution in [0.25, 0.3) is 0 Å². The number of ether oxygens (including phenoxy) is 2. The van der Waals surface area contributed by atoms with Crippen molar-refractivity contribution >= 4 is 29.7 Å². The van der Waals surface area contributed by atoms with E-state index in [1.165, 1.54) is 26.3 Å². The summed E-state index contributed by atoms with van der Waals surface area (Å²) in [5.41, 5.74) is 4.84. The molecular weight excluding hydrogens is 438 g/mol. The second kappa shape index (κ2) is 11.3. The largest absolute Gasteiger partial charge is 0.493 e. The van der Waals surface area contributed by atoms with Crippen LogP contribution in [0.1, 0.15) is 38.8 Å². The summed E-state index contributed by atoms with van der Waals surface area (Å²) in [5, 5.41) is 15.7. The fraction of sp³-hybridized carbons (Fsp3) is 0.120. The predicted octanol–water partition coefficient (Wildman–Crippen LogP) is 3.69. The molecule has 0 spiro atoms. The number of nitrogens with zero attached hydrogens (tertiary/aromatic N) is 1. The molecule has 0 aliphatic carbocycles. The van der Waals surface area contributed by atoms with E-state index in [9.17, 15) is 14.4 Å². The number of hydrogen-bond acceptors (Lipinski definition) is 6. The number of amides is 2. The first kappa shape index (κ1) is 24.0. The number of carboxylic acids is 1. The standard InChI is InChI=1S/C25H23N3O6/c1-16(29)27-21-8-4-6-19(13-21)24(30)28-26-14-17-9-10-22(23(12-17)33-2)34-15-18-5-3-7-20(11-18)25(31)32/h3-14H,15H2,1-2H3,(H,27,29)(H,28,30)(H,31,32)/b26-14-. The zero-order valence-electron chi connectivity index (χ0n) is 18.6. The first-order valence-corrected chi connectivity index (χ1v) is 10.2. The van der Waals surface area contributed by atoms with Crippen LogP contribution in [-0.2, 0) is 11.4 Å². The molecule has 0 aliphatic rings. The quantitative estimate of drug-likeness (QED) is 0.330. The Morgan fingerprint density at radius 1 is 0.971 bits per heavy atom. The van der Waals surface area contributed by atoms with Crippen LogP contribution in [0.15, 0.2) is 71.8 Å². The Balaban J connectivity index is 1.63. The zero-order valence-corrected chi connectivity index (χ0v) is 18.6. The first-order chi connectivity index (χ1) is 16.4. The summed E-state index contributed by atoms with van der Waals surface area (Å²) in [7, 11) is 1.50. The van der Waals surface area contributed by atoms with E-state index in [0.717, 1.165) is 0 Å². The Bertz CT molecular complexity index is 1240. The van der Waals surface area contributed by atoms with Gasteiger partial charge in [-0.25, -0.2) is 10.2 Å². The van der Waals surface area contributed by atoms with Crippen molar-refractivity contribution in [2.75, 3.05) is 12.4 Å². The minimum absolute atomic E-state index is 0.165. The van der Waals surface area contributed by atoms with Gasteiger partial charge in [0.2, 0.25) is 5.91 Å². The molecule has 2 amide bonds. The topological polar surface area (TPSA) is 126 Å². The Morgan fingerprint density at radius 2 is 1.74 bits per heavy atom. The zero-order chi connectivity index (χ0) is 24.5. The molecule has 9 nitrogen and oxygen atoms in total. The molecule has 0 aromatic heterocycles. The van der Waals surface area contributed by atoms with Gasteiger partial charge in [-0.1, -0.05) is 18.2 Å². The highest BCUT2D eigenvalue weighted by Gasteiger charge is 2.09. The van der Waals surface area contributed by atoms with E-state index in [2.05, 4.69) is 15.8 Å². The lowest BCUT2D eigenvalue weighted by atomic mass is 10.1. The molecule has 0 unspecified atom stereocenters. The summed E-state index contributed by atoms with van der Waals surface area (Å²) in [6, 6.07) is 18.1. The number of carboxylic acid groups (broad SMARTS) is 1. The molecule has 174 valence electrons. The third-order valence-electron chi connectivity index (χ3n) is 4.58. The summed E-state index contributed by atoms with van der Waals surface area (Å²) in [6.07, 6.45) is 1.46. The molecule has 0 heterocycles. The van der Waals surface area contributed by atoms with Gasteiger partial charge in [0.05, 0.1) is 18.9 Å². The number of aromatic carboxylic acids is 1. The van der Waals surface area contributed by atoms with Gasteiger partial charge in [-0.05, 0) is 59.7 Å². The summed E-state index contributed by atoms with van der Waals surface area (Å²) in [5.74, 6) is -0.743. The maximum atomic E-state index is 12.3. The summed E-state index contributed by atoms with van der Waals surface area (Å²) in [6.45, 7) is 1.55. The van der Waals surface area contributed by atoms with E-state index in [4.69, 9.17) is 14.6 Å². The molecule has 0 saturated carbocycles. The molecule has 3 rings (SSSR count). The van der Waals surface area contributed by atoms with E-state index in [1.54, 1.807) is 60.7 Å². The highest BCUT2D eigenvalue weighted by atomic mass is 16.5. The molecule has 9 heteroatoms. The van der Waals surface area contributed by atoms with Crippen molar-refractivity contribution < 1.29 is 29.0 Å². The number of benzene rings is 3. The van der Waals surface area contributed by atoms with Crippen molar-refractivity contribution in [3.63, 3.8) is 0 Å². The number of carbonyl (C=O) groups is 3. The number of hydrazone groups is 1. The van der Waals surface area contributed by atoms with E-state index in [-0.39, 0.29) is 18.1 Å². The molecule has 0 radical (unpaired) electrons. The highest BCUT2D eigenvalue weighted by Crippen LogP contribution is 2.28. The molecule has 0 fully saturated rings. The summed E-state index contributed by atoms with van der Waals surface area (Å²) < 4.78 is 11.2. The van der Waals surface area contributed by atoms with E-state index >= 15 is 0 Å². The van der Waals surface area contributed by atoms with Crippen LogP contribution in [0, 0.1) is 0 Å². The predicted molar refractivity (Wildman–Crippen MR) is 127 cm³/mol. The maximum Gasteiger partial charge on any atom is 0.335 e. The van der Waals surface area contributed by atoms with E-state index in [1.807, 2.05) is 0 Å². The van der Waals surface area contributed by atoms with Gasteiger partial charge in [0.15, 0.2) is 11.5 Å². The van der Waals surface area contributed by atoms with Crippen LogP contribution in [0.3, 0.4) is 0 Å². The van der Waals surface area contributed by atoms with Crippen molar-refractivity contribution in [3.8, 4) is 11.5 Å².